The largest absolute Gasteiger partial charge is 0.300 e. The molecule has 0 aliphatic rings. The summed E-state index contributed by atoms with van der Waals surface area (Å²) in [5.74, 6) is -3.78. The SMILES string of the molecule is Cc1cc(F)cc(F)c1C(=O)C(F)F. The van der Waals surface area contributed by atoms with Crippen LogP contribution >= 0.6 is 0 Å². The van der Waals surface area contributed by atoms with E-state index in [0.29, 0.717) is 6.07 Å². The molecule has 0 saturated carbocycles. The van der Waals surface area contributed by atoms with Crippen LogP contribution < -0.4 is 0 Å². The monoisotopic (exact) mass is 206 g/mol. The molecule has 14 heavy (non-hydrogen) atoms. The standard InChI is InChI=1S/C9H6F4O/c1-4-2-5(10)3-6(11)7(4)8(14)9(12)13/h2-3,9H,1H3. The van der Waals surface area contributed by atoms with Crippen LogP contribution in [0.25, 0.3) is 0 Å². The predicted molar refractivity (Wildman–Crippen MR) is 41.4 cm³/mol. The molecule has 0 spiro atoms. The van der Waals surface area contributed by atoms with Crippen LogP contribution in [0.2, 0.25) is 0 Å². The zero-order valence-corrected chi connectivity index (χ0v) is 7.15. The second-order valence-corrected chi connectivity index (χ2v) is 2.74. The highest BCUT2D eigenvalue weighted by Crippen LogP contribution is 2.18. The third-order valence-electron chi connectivity index (χ3n) is 1.70. The number of halogens is 4. The van der Waals surface area contributed by atoms with Crippen molar-refractivity contribution in [2.75, 3.05) is 0 Å². The number of aryl methyl sites for hydroxylation is 1. The van der Waals surface area contributed by atoms with Gasteiger partial charge in [0.1, 0.15) is 11.6 Å². The average molecular weight is 206 g/mol. The number of benzene rings is 1. The number of ketones is 1. The molecule has 0 saturated heterocycles. The van der Waals surface area contributed by atoms with Gasteiger partial charge < -0.3 is 0 Å². The van der Waals surface area contributed by atoms with Crippen molar-refractivity contribution < 1.29 is 22.4 Å². The lowest BCUT2D eigenvalue weighted by Crippen LogP contribution is -2.14. The summed E-state index contributed by atoms with van der Waals surface area (Å²) in [5.41, 5.74) is -0.880. The maximum absolute atomic E-state index is 12.9. The van der Waals surface area contributed by atoms with Gasteiger partial charge in [-0.1, -0.05) is 0 Å². The van der Waals surface area contributed by atoms with Gasteiger partial charge >= 0.3 is 6.43 Å². The predicted octanol–water partition coefficient (Wildman–Crippen LogP) is 2.72. The third-order valence-corrected chi connectivity index (χ3v) is 1.70. The molecule has 1 nitrogen and oxygen atoms in total. The number of alkyl halides is 2. The number of rotatable bonds is 2. The molecular weight excluding hydrogens is 200 g/mol. The van der Waals surface area contributed by atoms with E-state index in [9.17, 15) is 22.4 Å². The van der Waals surface area contributed by atoms with E-state index in [0.717, 1.165) is 6.07 Å². The Kier molecular flexibility index (Phi) is 2.88. The molecule has 0 bridgehead atoms. The molecule has 0 aliphatic carbocycles. The van der Waals surface area contributed by atoms with Crippen molar-refractivity contribution in [2.24, 2.45) is 0 Å². The molecule has 1 aromatic carbocycles. The molecule has 0 atom stereocenters. The summed E-state index contributed by atoms with van der Waals surface area (Å²) in [6, 6.07) is 1.24. The van der Waals surface area contributed by atoms with Crippen LogP contribution in [-0.4, -0.2) is 12.2 Å². The van der Waals surface area contributed by atoms with Crippen LogP contribution in [0.5, 0.6) is 0 Å². The van der Waals surface area contributed by atoms with E-state index in [1.165, 1.54) is 6.92 Å². The summed E-state index contributed by atoms with van der Waals surface area (Å²) in [4.78, 5) is 10.8. The van der Waals surface area contributed by atoms with Crippen LogP contribution in [0.4, 0.5) is 17.6 Å². The topological polar surface area (TPSA) is 17.1 Å². The van der Waals surface area contributed by atoms with Gasteiger partial charge in [0.2, 0.25) is 5.78 Å². The van der Waals surface area contributed by atoms with Gasteiger partial charge in [-0.3, -0.25) is 4.79 Å². The zero-order chi connectivity index (χ0) is 10.9. The summed E-state index contributed by atoms with van der Waals surface area (Å²) < 4.78 is 49.4. The highest BCUT2D eigenvalue weighted by Gasteiger charge is 2.23. The highest BCUT2D eigenvalue weighted by molar-refractivity contribution is 5.99. The van der Waals surface area contributed by atoms with Crippen molar-refractivity contribution in [1.29, 1.82) is 0 Å². The first-order chi connectivity index (χ1) is 6.43. The van der Waals surface area contributed by atoms with Crippen molar-refractivity contribution in [2.45, 2.75) is 13.3 Å². The molecule has 0 heterocycles. The number of Topliss-reactive ketones (excluding diaryl/α,β-unsaturated/α-hetero) is 1. The van der Waals surface area contributed by atoms with Gasteiger partial charge in [0.15, 0.2) is 0 Å². The van der Waals surface area contributed by atoms with E-state index in [-0.39, 0.29) is 5.56 Å². The van der Waals surface area contributed by atoms with Crippen LogP contribution in [0.1, 0.15) is 15.9 Å². The number of hydrogen-bond donors (Lipinski definition) is 0. The molecule has 0 amide bonds. The Morgan fingerprint density at radius 2 is 1.86 bits per heavy atom. The number of carbonyl (C=O) groups is 1. The molecular formula is C9H6F4O. The number of carbonyl (C=O) groups excluding carboxylic acids is 1. The molecule has 0 radical (unpaired) electrons. The Morgan fingerprint density at radius 3 is 2.29 bits per heavy atom. The average Bonchev–Trinajstić information content (AvgIpc) is 2.01. The second-order valence-electron chi connectivity index (χ2n) is 2.74. The van der Waals surface area contributed by atoms with E-state index in [1.807, 2.05) is 0 Å². The highest BCUT2D eigenvalue weighted by atomic mass is 19.3. The Bertz CT molecular complexity index is 350. The fraction of sp³-hybridized carbons (Fsp3) is 0.222. The summed E-state index contributed by atoms with van der Waals surface area (Å²) in [6.07, 6.45) is -3.28. The Hall–Kier alpha value is -1.39. The first-order valence-corrected chi connectivity index (χ1v) is 3.71. The number of hydrogen-bond acceptors (Lipinski definition) is 1. The molecule has 1 rings (SSSR count). The van der Waals surface area contributed by atoms with Gasteiger partial charge in [-0.2, -0.15) is 0 Å². The molecule has 1 aromatic rings. The van der Waals surface area contributed by atoms with E-state index >= 15 is 0 Å². The molecule has 0 aliphatic heterocycles. The van der Waals surface area contributed by atoms with Crippen LogP contribution in [0.3, 0.4) is 0 Å². The van der Waals surface area contributed by atoms with Gasteiger partial charge in [0.05, 0.1) is 5.56 Å². The second kappa shape index (κ2) is 3.77. The maximum Gasteiger partial charge on any atom is 0.300 e. The minimum Gasteiger partial charge on any atom is -0.288 e. The van der Waals surface area contributed by atoms with Crippen molar-refractivity contribution in [3.63, 3.8) is 0 Å². The summed E-state index contributed by atoms with van der Waals surface area (Å²) >= 11 is 0. The lowest BCUT2D eigenvalue weighted by atomic mass is 10.0. The summed E-state index contributed by atoms with van der Waals surface area (Å²) in [6.45, 7) is 1.20. The lowest BCUT2D eigenvalue weighted by Gasteiger charge is -2.05. The van der Waals surface area contributed by atoms with Gasteiger partial charge in [0, 0.05) is 6.07 Å². The van der Waals surface area contributed by atoms with Crippen LogP contribution in [0, 0.1) is 18.6 Å². The van der Waals surface area contributed by atoms with Crippen LogP contribution in [0.15, 0.2) is 12.1 Å². The van der Waals surface area contributed by atoms with Gasteiger partial charge in [0.25, 0.3) is 0 Å². The molecule has 5 heteroatoms. The van der Waals surface area contributed by atoms with Crippen molar-refractivity contribution in [1.82, 2.24) is 0 Å². The van der Waals surface area contributed by atoms with Crippen LogP contribution in [-0.2, 0) is 0 Å². The molecule has 0 N–H and O–H groups in total. The van der Waals surface area contributed by atoms with E-state index < -0.39 is 29.4 Å². The minimum atomic E-state index is -3.28. The Balaban J connectivity index is 3.28. The normalized spacial score (nSPS) is 10.7. The Morgan fingerprint density at radius 1 is 1.29 bits per heavy atom. The summed E-state index contributed by atoms with van der Waals surface area (Å²) in [5, 5.41) is 0. The third kappa shape index (κ3) is 1.92. The van der Waals surface area contributed by atoms with E-state index in [4.69, 9.17) is 0 Å². The smallest absolute Gasteiger partial charge is 0.288 e. The van der Waals surface area contributed by atoms with Crippen molar-refractivity contribution in [3.05, 3.63) is 34.9 Å². The van der Waals surface area contributed by atoms with E-state index in [2.05, 4.69) is 0 Å². The first kappa shape index (κ1) is 10.7. The van der Waals surface area contributed by atoms with Gasteiger partial charge in [-0.15, -0.1) is 0 Å². The summed E-state index contributed by atoms with van der Waals surface area (Å²) in [7, 11) is 0. The fourth-order valence-electron chi connectivity index (χ4n) is 1.12. The van der Waals surface area contributed by atoms with Crippen molar-refractivity contribution >= 4 is 5.78 Å². The van der Waals surface area contributed by atoms with Gasteiger partial charge in [-0.05, 0) is 18.6 Å². The maximum atomic E-state index is 12.9. The van der Waals surface area contributed by atoms with Gasteiger partial charge in [-0.25, -0.2) is 17.6 Å². The first-order valence-electron chi connectivity index (χ1n) is 3.71. The molecule has 0 unspecified atom stereocenters. The lowest BCUT2D eigenvalue weighted by molar-refractivity contribution is 0.0673. The molecule has 76 valence electrons. The molecule has 0 fully saturated rings. The van der Waals surface area contributed by atoms with E-state index in [1.54, 1.807) is 0 Å². The minimum absolute atomic E-state index is 0.132. The quantitative estimate of drug-likeness (QED) is 0.537. The fourth-order valence-corrected chi connectivity index (χ4v) is 1.12. The van der Waals surface area contributed by atoms with Crippen molar-refractivity contribution in [3.8, 4) is 0 Å². The zero-order valence-electron chi connectivity index (χ0n) is 7.15. The molecule has 0 aromatic heterocycles. The Labute approximate surface area is 77.3 Å².